The average Bonchev–Trinajstić information content (AvgIpc) is 3.83. The summed E-state index contributed by atoms with van der Waals surface area (Å²) in [6, 6.07) is 11.4. The van der Waals surface area contributed by atoms with Crippen molar-refractivity contribution in [2.45, 2.75) is 153 Å². The first-order valence-corrected chi connectivity index (χ1v) is 21.3. The third-order valence-corrected chi connectivity index (χ3v) is 11.2. The normalized spacial score (nSPS) is 23.1. The molecule has 0 amide bonds. The number of fused-ring (bicyclic) bond motifs is 2. The number of halogens is 1. The molecule has 2 fully saturated rings. The van der Waals surface area contributed by atoms with Gasteiger partial charge in [0.1, 0.15) is 48.6 Å². The summed E-state index contributed by atoms with van der Waals surface area (Å²) in [5, 5.41) is 24.0. The Balaban J connectivity index is 1.17. The minimum absolute atomic E-state index is 0.0382. The zero-order chi connectivity index (χ0) is 40.2. The van der Waals surface area contributed by atoms with Crippen LogP contribution < -0.4 is 5.73 Å². The van der Waals surface area contributed by atoms with Crippen molar-refractivity contribution in [1.82, 2.24) is 14.6 Å². The molecule has 3 N–H and O–H groups in total. The molecule has 3 aromatic rings. The number of benzene rings is 1. The molecule has 14 nitrogen and oxygen atoms in total. The second kappa shape index (κ2) is 20.3. The van der Waals surface area contributed by atoms with Crippen LogP contribution in [0.3, 0.4) is 0 Å². The van der Waals surface area contributed by atoms with Gasteiger partial charge in [-0.1, -0.05) is 90.4 Å². The lowest BCUT2D eigenvalue weighted by atomic mass is 9.96. The van der Waals surface area contributed by atoms with E-state index in [1.165, 1.54) is 80.8 Å². The van der Waals surface area contributed by atoms with Gasteiger partial charge in [0.15, 0.2) is 11.6 Å². The van der Waals surface area contributed by atoms with E-state index in [0.717, 1.165) is 31.7 Å². The number of nitrogen functional groups attached to an aromatic ring is 1. The third-order valence-electron chi connectivity index (χ3n) is 10.3. The first-order chi connectivity index (χ1) is 26.9. The number of aromatic nitrogens is 3. The monoisotopic (exact) mass is 798 g/mol. The van der Waals surface area contributed by atoms with E-state index in [9.17, 15) is 24.4 Å². The predicted molar refractivity (Wildman–Crippen MR) is 205 cm³/mol. The van der Waals surface area contributed by atoms with Crippen molar-refractivity contribution < 1.29 is 41.8 Å². The first-order valence-electron chi connectivity index (χ1n) is 19.8. The molecule has 6 atom stereocenters. The lowest BCUT2D eigenvalue weighted by Crippen LogP contribution is -2.45. The van der Waals surface area contributed by atoms with Crippen molar-refractivity contribution in [3.63, 3.8) is 0 Å². The van der Waals surface area contributed by atoms with Crippen LogP contribution in [0.4, 0.5) is 10.2 Å². The molecule has 5 rings (SSSR count). The highest BCUT2D eigenvalue weighted by molar-refractivity contribution is 7.47. The Morgan fingerprint density at radius 2 is 1.66 bits per heavy atom. The Hall–Kier alpha value is -3.50. The van der Waals surface area contributed by atoms with E-state index < -0.39 is 56.1 Å². The fourth-order valence-electron chi connectivity index (χ4n) is 7.40. The number of unbranched alkanes of at least 4 members (excludes halogenated alkanes) is 12. The maximum atomic E-state index is 14.1. The van der Waals surface area contributed by atoms with Crippen molar-refractivity contribution in [3.8, 4) is 12.1 Å². The molecule has 2 aliphatic heterocycles. The Labute approximate surface area is 329 Å². The third kappa shape index (κ3) is 11.8. The number of phosphoric ester groups is 1. The van der Waals surface area contributed by atoms with Crippen LogP contribution in [0.2, 0.25) is 0 Å². The number of phosphoric acid groups is 1. The molecule has 0 saturated carbocycles. The molecule has 0 aliphatic carbocycles. The van der Waals surface area contributed by atoms with Crippen molar-refractivity contribution in [2.75, 3.05) is 18.9 Å². The molecule has 2 aromatic heterocycles. The van der Waals surface area contributed by atoms with Gasteiger partial charge in [-0.25, -0.2) is 18.5 Å². The van der Waals surface area contributed by atoms with E-state index in [0.29, 0.717) is 23.2 Å². The summed E-state index contributed by atoms with van der Waals surface area (Å²) in [7, 11) is -4.79. The first kappa shape index (κ1) is 43.6. The van der Waals surface area contributed by atoms with E-state index in [2.05, 4.69) is 23.1 Å². The van der Waals surface area contributed by atoms with Crippen LogP contribution >= 0.6 is 7.82 Å². The molecule has 0 bridgehead atoms. The lowest BCUT2D eigenvalue weighted by molar-refractivity contribution is -0.204. The molecule has 0 radical (unpaired) electrons. The smallest absolute Gasteiger partial charge is 0.382 e. The number of nitrogens with zero attached hydrogens (tertiary/aromatic N) is 5. The number of nitriles is 2. The van der Waals surface area contributed by atoms with Gasteiger partial charge in [0.2, 0.25) is 5.60 Å². The van der Waals surface area contributed by atoms with Gasteiger partial charge in [-0.3, -0.25) is 9.05 Å². The van der Waals surface area contributed by atoms with Gasteiger partial charge < -0.3 is 29.6 Å². The number of nitrogens with two attached hydrogens (primary N) is 1. The fourth-order valence-corrected chi connectivity index (χ4v) is 8.18. The molecule has 2 saturated heterocycles. The molecule has 1 aromatic carbocycles. The van der Waals surface area contributed by atoms with Crippen LogP contribution in [0.15, 0.2) is 36.7 Å². The average molecular weight is 799 g/mol. The number of ether oxygens (including phenoxy) is 4. The standard InChI is InChI=1S/C40H56FN6O8P/c1-4-5-6-7-8-9-10-11-12-13-14-15-16-17-32(50-24-30-20-29(23-42)21-31(41)22-30)25-51-56(48,49)52-27-40(26-43)37-36(53-39(2,3)55-37)35(54-40)33-18-19-34-38(44)45-28-46-47(33)34/h18-22,28,32,35-37H,4-17,24-25,27H2,1-3H3,(H,48,49)(H2,44,45,46)/t32-,35+,36+,37+,40-/m1/s1. The number of hydrogen-bond donors (Lipinski definition) is 2. The SMILES string of the molecule is CCCCCCCCCCCCCCC[C@H](COP(=O)(O)OC[C@@]1(C#N)O[C@@H](c2ccc3c(N)ncnn23)[C@@H]2OC(C)(C)O[C@@H]21)OCc1cc(F)cc(C#N)c1. The zero-order valence-corrected chi connectivity index (χ0v) is 33.6. The van der Waals surface area contributed by atoms with Crippen molar-refractivity contribution >= 4 is 19.2 Å². The van der Waals surface area contributed by atoms with Gasteiger partial charge in [-0.2, -0.15) is 15.6 Å². The van der Waals surface area contributed by atoms with Crippen molar-refractivity contribution in [2.24, 2.45) is 0 Å². The summed E-state index contributed by atoms with van der Waals surface area (Å²) in [4.78, 5) is 14.9. The molecule has 16 heteroatoms. The molecular weight excluding hydrogens is 742 g/mol. The summed E-state index contributed by atoms with van der Waals surface area (Å²) in [6.07, 6.45) is 14.0. The zero-order valence-electron chi connectivity index (χ0n) is 32.7. The largest absolute Gasteiger partial charge is 0.472 e. The summed E-state index contributed by atoms with van der Waals surface area (Å²) < 4.78 is 64.6. The van der Waals surface area contributed by atoms with Crippen molar-refractivity contribution in [1.29, 1.82) is 10.5 Å². The van der Waals surface area contributed by atoms with Crippen molar-refractivity contribution in [3.05, 3.63) is 59.3 Å². The fraction of sp³-hybridized carbons (Fsp3) is 0.650. The van der Waals surface area contributed by atoms with Crippen LogP contribution in [0.5, 0.6) is 0 Å². The van der Waals surface area contributed by atoms with Gasteiger partial charge in [0, 0.05) is 0 Å². The highest BCUT2D eigenvalue weighted by atomic mass is 31.2. The van der Waals surface area contributed by atoms with Gasteiger partial charge >= 0.3 is 7.82 Å². The van der Waals surface area contributed by atoms with Crippen LogP contribution in [0.1, 0.15) is 134 Å². The number of rotatable bonds is 24. The minimum Gasteiger partial charge on any atom is -0.382 e. The Kier molecular flexibility index (Phi) is 15.8. The maximum Gasteiger partial charge on any atom is 0.472 e. The van der Waals surface area contributed by atoms with E-state index in [4.69, 9.17) is 33.7 Å². The quantitative estimate of drug-likeness (QED) is 0.0648. The summed E-state index contributed by atoms with van der Waals surface area (Å²) in [5.74, 6) is -1.42. The van der Waals surface area contributed by atoms with E-state index in [1.807, 2.05) is 6.07 Å². The second-order valence-electron chi connectivity index (χ2n) is 15.2. The second-order valence-corrected chi connectivity index (χ2v) is 16.7. The molecule has 0 spiro atoms. The number of anilines is 1. The Bertz CT molecular complexity index is 1870. The number of hydrogen-bond acceptors (Lipinski definition) is 12. The molecule has 56 heavy (non-hydrogen) atoms. The van der Waals surface area contributed by atoms with Crippen LogP contribution in [0.25, 0.3) is 5.52 Å². The molecule has 1 unspecified atom stereocenters. The minimum atomic E-state index is -4.79. The Morgan fingerprint density at radius 1 is 0.982 bits per heavy atom. The predicted octanol–water partition coefficient (Wildman–Crippen LogP) is 8.38. The molecule has 2 aliphatic rings. The van der Waals surface area contributed by atoms with E-state index in [-0.39, 0.29) is 24.6 Å². The lowest BCUT2D eigenvalue weighted by Gasteiger charge is -2.29. The van der Waals surface area contributed by atoms with E-state index in [1.54, 1.807) is 26.0 Å². The summed E-state index contributed by atoms with van der Waals surface area (Å²) in [5.41, 5.74) is 5.82. The molecule has 306 valence electrons. The highest BCUT2D eigenvalue weighted by Crippen LogP contribution is 2.52. The Morgan fingerprint density at radius 3 is 2.32 bits per heavy atom. The molecular formula is C40H56FN6O8P. The summed E-state index contributed by atoms with van der Waals surface area (Å²) >= 11 is 0. The van der Waals surface area contributed by atoms with Crippen LogP contribution in [0, 0.1) is 28.5 Å². The van der Waals surface area contributed by atoms with Gasteiger partial charge in [0.05, 0.1) is 36.6 Å². The van der Waals surface area contributed by atoms with Gasteiger partial charge in [0.25, 0.3) is 0 Å². The maximum absolute atomic E-state index is 14.1. The summed E-state index contributed by atoms with van der Waals surface area (Å²) in [6.45, 7) is 4.60. The van der Waals surface area contributed by atoms with Gasteiger partial charge in [-0.05, 0) is 56.2 Å². The van der Waals surface area contributed by atoms with Crippen LogP contribution in [-0.2, 0) is 39.2 Å². The van der Waals surface area contributed by atoms with Crippen LogP contribution in [-0.4, -0.2) is 62.4 Å². The topological polar surface area (TPSA) is 196 Å². The highest BCUT2D eigenvalue weighted by Gasteiger charge is 2.65. The van der Waals surface area contributed by atoms with E-state index >= 15 is 0 Å². The molecule has 4 heterocycles. The van der Waals surface area contributed by atoms with Gasteiger partial charge in [-0.15, -0.1) is 0 Å².